The van der Waals surface area contributed by atoms with Crippen molar-refractivity contribution in [1.82, 2.24) is 19.9 Å². The number of rotatable bonds is 0. The van der Waals surface area contributed by atoms with Gasteiger partial charge in [-0.1, -0.05) is 30.4 Å². The quantitative estimate of drug-likeness (QED) is 0.634. The van der Waals surface area contributed by atoms with Crippen LogP contribution in [0, 0.1) is 4.77 Å². The number of nitrogens with zero attached hydrogens (tertiary/aromatic N) is 1. The first-order valence-corrected chi connectivity index (χ1v) is 7.05. The molecule has 3 N–H and O–H groups in total. The molecule has 0 radical (unpaired) electrons. The molecule has 0 amide bonds. The Balaban J connectivity index is 0.000000169. The van der Waals surface area contributed by atoms with Crippen LogP contribution in [0.4, 0.5) is 0 Å². The Kier molecular flexibility index (Phi) is 3.55. The van der Waals surface area contributed by atoms with Crippen molar-refractivity contribution in [2.75, 3.05) is 0 Å². The monoisotopic (exact) mass is 300 g/mol. The number of fused-ring (bicyclic) bond motifs is 1. The first kappa shape index (κ1) is 12.9. The smallest absolute Gasteiger partial charge is 0.263 e. The molecule has 1 aliphatic heterocycles. The number of nitrogens with one attached hydrogen (secondary N) is 3. The average Bonchev–Trinajstić information content (AvgIpc) is 2.88. The lowest BCUT2D eigenvalue weighted by Gasteiger charge is -1.92. The molecule has 0 saturated carbocycles. The van der Waals surface area contributed by atoms with E-state index in [0.717, 1.165) is 0 Å². The lowest BCUT2D eigenvalue weighted by Crippen LogP contribution is -2.19. The topological polar surface area (TPSA) is 90.6 Å². The number of hydrogen-bond donors (Lipinski definition) is 3. The van der Waals surface area contributed by atoms with Gasteiger partial charge in [0.05, 0.1) is 4.90 Å². The fraction of sp³-hybridized carbons (Fsp3) is 0. The van der Waals surface area contributed by atoms with Crippen LogP contribution >= 0.6 is 24.4 Å². The van der Waals surface area contributed by atoms with Crippen molar-refractivity contribution in [2.24, 2.45) is 0 Å². The Bertz CT molecular complexity index is 715. The van der Waals surface area contributed by atoms with Gasteiger partial charge in [0, 0.05) is 5.56 Å². The van der Waals surface area contributed by atoms with Gasteiger partial charge in [0.25, 0.3) is 10.0 Å². The molecule has 0 spiro atoms. The van der Waals surface area contributed by atoms with Gasteiger partial charge < -0.3 is 0 Å². The molecule has 94 valence electrons. The minimum Gasteiger partial charge on any atom is -0.288 e. The third-order valence-electron chi connectivity index (χ3n) is 2.07. The van der Waals surface area contributed by atoms with Gasteiger partial charge in [-0.25, -0.2) is 13.4 Å². The second-order valence-corrected chi connectivity index (χ2v) is 5.71. The Hall–Kier alpha value is -1.58. The molecule has 1 aliphatic rings. The Morgan fingerprint density at radius 1 is 1.17 bits per heavy atom. The summed E-state index contributed by atoms with van der Waals surface area (Å²) in [6, 6.07) is 6.66. The highest BCUT2D eigenvalue weighted by atomic mass is 32.2. The van der Waals surface area contributed by atoms with Crippen LogP contribution in [0.25, 0.3) is 0 Å². The first-order chi connectivity index (χ1) is 8.50. The maximum Gasteiger partial charge on any atom is 0.263 e. The second-order valence-electron chi connectivity index (χ2n) is 3.26. The second kappa shape index (κ2) is 4.96. The van der Waals surface area contributed by atoms with Gasteiger partial charge in [0.15, 0.2) is 0 Å². The number of hydrogen-bond acceptors (Lipinski definition) is 5. The highest BCUT2D eigenvalue weighted by molar-refractivity contribution is 7.93. The maximum atomic E-state index is 11.3. The molecule has 6 nitrogen and oxygen atoms in total. The van der Waals surface area contributed by atoms with Crippen LogP contribution in [-0.4, -0.2) is 28.6 Å². The fourth-order valence-electron chi connectivity index (χ4n) is 1.34. The summed E-state index contributed by atoms with van der Waals surface area (Å²) in [7, 11) is -3.35. The molecule has 2 aromatic rings. The minimum absolute atomic E-state index is 0.273. The van der Waals surface area contributed by atoms with Crippen molar-refractivity contribution in [3.63, 3.8) is 0 Å². The molecule has 0 saturated heterocycles. The normalized spacial score (nSPS) is 15.2. The van der Waals surface area contributed by atoms with E-state index >= 15 is 0 Å². The summed E-state index contributed by atoms with van der Waals surface area (Å²) in [6.07, 6.45) is 1.50. The number of sulfonamides is 1. The zero-order valence-corrected chi connectivity index (χ0v) is 11.3. The fourth-order valence-corrected chi connectivity index (χ4v) is 3.20. The summed E-state index contributed by atoms with van der Waals surface area (Å²) in [5, 5.41) is 5.17. The van der Waals surface area contributed by atoms with E-state index < -0.39 is 10.0 Å². The van der Waals surface area contributed by atoms with Crippen LogP contribution in [0.1, 0.15) is 5.56 Å². The van der Waals surface area contributed by atoms with Crippen LogP contribution in [0.5, 0.6) is 0 Å². The van der Waals surface area contributed by atoms with Crippen LogP contribution in [0.2, 0.25) is 0 Å². The Morgan fingerprint density at radius 2 is 1.89 bits per heavy atom. The molecular formula is C9H8N4O2S3. The van der Waals surface area contributed by atoms with Gasteiger partial charge in [0.1, 0.15) is 11.3 Å². The summed E-state index contributed by atoms with van der Waals surface area (Å²) in [4.78, 5) is 4.18. The van der Waals surface area contributed by atoms with Gasteiger partial charge >= 0.3 is 0 Å². The molecule has 1 aromatic carbocycles. The molecule has 1 aromatic heterocycles. The molecule has 0 unspecified atom stereocenters. The van der Waals surface area contributed by atoms with E-state index in [-0.39, 0.29) is 9.88 Å². The van der Waals surface area contributed by atoms with E-state index in [2.05, 4.69) is 32.1 Å². The lowest BCUT2D eigenvalue weighted by molar-refractivity contribution is 0.595. The number of thiocarbonyl (C=S) groups is 1. The number of aromatic amines is 2. The SMILES string of the molecule is O=S1(=O)NC(=S)c2ccccc21.S=c1nc[nH][nH]1. The first-order valence-electron chi connectivity index (χ1n) is 4.75. The summed E-state index contributed by atoms with van der Waals surface area (Å²) >= 11 is 9.38. The van der Waals surface area contributed by atoms with Crippen LogP contribution in [-0.2, 0) is 10.0 Å². The van der Waals surface area contributed by atoms with E-state index in [0.29, 0.717) is 10.3 Å². The van der Waals surface area contributed by atoms with E-state index in [1.54, 1.807) is 18.2 Å². The highest BCUT2D eigenvalue weighted by Gasteiger charge is 2.28. The minimum atomic E-state index is -3.35. The summed E-state index contributed by atoms with van der Waals surface area (Å²) in [5.41, 5.74) is 0.590. The molecule has 18 heavy (non-hydrogen) atoms. The Morgan fingerprint density at radius 3 is 2.39 bits per heavy atom. The molecule has 0 aliphatic carbocycles. The molecule has 9 heteroatoms. The summed E-state index contributed by atoms with van der Waals surface area (Å²) < 4.78 is 25.3. The molecule has 0 bridgehead atoms. The zero-order chi connectivity index (χ0) is 13.2. The van der Waals surface area contributed by atoms with Gasteiger partial charge in [-0.2, -0.15) is 0 Å². The van der Waals surface area contributed by atoms with Crippen molar-refractivity contribution in [3.05, 3.63) is 40.9 Å². The third kappa shape index (κ3) is 2.63. The Labute approximate surface area is 113 Å². The van der Waals surface area contributed by atoms with Crippen molar-refractivity contribution in [3.8, 4) is 0 Å². The molecule has 3 rings (SSSR count). The molecule has 0 fully saturated rings. The van der Waals surface area contributed by atoms with Crippen LogP contribution in [0.3, 0.4) is 0 Å². The zero-order valence-electron chi connectivity index (χ0n) is 8.88. The predicted octanol–water partition coefficient (Wildman–Crippen LogP) is 1.12. The molecule has 2 heterocycles. The number of benzene rings is 1. The van der Waals surface area contributed by atoms with Gasteiger partial charge in [-0.05, 0) is 18.3 Å². The maximum absolute atomic E-state index is 11.3. The van der Waals surface area contributed by atoms with E-state index in [9.17, 15) is 8.42 Å². The van der Waals surface area contributed by atoms with Gasteiger partial charge in [-0.15, -0.1) is 0 Å². The number of H-pyrrole nitrogens is 2. The summed E-state index contributed by atoms with van der Waals surface area (Å²) in [6.45, 7) is 0. The lowest BCUT2D eigenvalue weighted by atomic mass is 10.2. The summed E-state index contributed by atoms with van der Waals surface area (Å²) in [5.74, 6) is 0. The van der Waals surface area contributed by atoms with Crippen molar-refractivity contribution < 1.29 is 8.42 Å². The van der Waals surface area contributed by atoms with Crippen LogP contribution < -0.4 is 4.72 Å². The van der Waals surface area contributed by atoms with Crippen molar-refractivity contribution >= 4 is 39.4 Å². The van der Waals surface area contributed by atoms with Gasteiger partial charge in [0.2, 0.25) is 4.77 Å². The standard InChI is InChI=1S/C7H5NO2S2.C2H3N3S/c9-12(10)6-4-2-1-3-5(6)7(11)8-12;6-2-3-1-4-5-2/h1-4H,(H,8,11);1H,(H2,3,4,5,6). The van der Waals surface area contributed by atoms with Gasteiger partial charge in [-0.3, -0.25) is 14.9 Å². The van der Waals surface area contributed by atoms with Crippen LogP contribution in [0.15, 0.2) is 35.5 Å². The average molecular weight is 300 g/mol. The molecule has 0 atom stereocenters. The largest absolute Gasteiger partial charge is 0.288 e. The van der Waals surface area contributed by atoms with E-state index in [4.69, 9.17) is 12.2 Å². The van der Waals surface area contributed by atoms with E-state index in [1.165, 1.54) is 12.4 Å². The van der Waals surface area contributed by atoms with Crippen molar-refractivity contribution in [1.29, 1.82) is 0 Å². The predicted molar refractivity (Wildman–Crippen MR) is 72.2 cm³/mol. The third-order valence-corrected chi connectivity index (χ3v) is 4.14. The van der Waals surface area contributed by atoms with Crippen molar-refractivity contribution in [2.45, 2.75) is 4.90 Å². The van der Waals surface area contributed by atoms with E-state index in [1.807, 2.05) is 0 Å². The number of aromatic nitrogens is 3. The molecular weight excluding hydrogens is 292 g/mol. The highest BCUT2D eigenvalue weighted by Crippen LogP contribution is 2.21.